The molecule has 2 aliphatic carbocycles. The maximum atomic E-state index is 13.4. The van der Waals surface area contributed by atoms with Crippen molar-refractivity contribution in [2.75, 3.05) is 7.11 Å². The number of nitrogens with zero attached hydrogens (tertiary/aromatic N) is 5. The number of carbonyl (C=O) groups excluding carboxylic acids is 1. The van der Waals surface area contributed by atoms with Gasteiger partial charge in [-0.2, -0.15) is 5.10 Å². The summed E-state index contributed by atoms with van der Waals surface area (Å²) in [6.07, 6.45) is 10.6. The smallest absolute Gasteiger partial charge is 0.303 e. The van der Waals surface area contributed by atoms with Gasteiger partial charge < -0.3 is 15.2 Å². The van der Waals surface area contributed by atoms with Crippen LogP contribution in [0.15, 0.2) is 49.1 Å². The Balaban J connectivity index is 1.16. The number of amides is 1. The van der Waals surface area contributed by atoms with E-state index in [2.05, 4.69) is 25.4 Å². The minimum absolute atomic E-state index is 0.0684. The van der Waals surface area contributed by atoms with Crippen LogP contribution in [0.5, 0.6) is 5.88 Å². The fraction of sp³-hybridized carbons (Fsp3) is 0.357. The number of carboxylic acid groups (broad SMARTS) is 1. The zero-order valence-corrected chi connectivity index (χ0v) is 22.1. The van der Waals surface area contributed by atoms with Crippen LogP contribution in [0.1, 0.15) is 48.2 Å². The van der Waals surface area contributed by atoms with Gasteiger partial charge in [-0.05, 0) is 55.2 Å². The van der Waals surface area contributed by atoms with Gasteiger partial charge in [0.2, 0.25) is 5.88 Å². The SMILES string of the molecule is COc1cc(-c2cnc(Cn3ncc4cc(Cl)cc(C(=O)NC5CC6(CC(CC(=O)O)C6)C5)c43)cn2)ccn1. The van der Waals surface area contributed by atoms with Crippen molar-refractivity contribution in [1.29, 1.82) is 0 Å². The van der Waals surface area contributed by atoms with E-state index in [-0.39, 0.29) is 29.7 Å². The molecule has 6 rings (SSSR count). The summed E-state index contributed by atoms with van der Waals surface area (Å²) < 4.78 is 6.93. The summed E-state index contributed by atoms with van der Waals surface area (Å²) in [6, 6.07) is 7.16. The van der Waals surface area contributed by atoms with E-state index in [1.54, 1.807) is 54.8 Å². The molecule has 3 aromatic heterocycles. The molecule has 10 nitrogen and oxygen atoms in total. The van der Waals surface area contributed by atoms with Gasteiger partial charge >= 0.3 is 5.97 Å². The van der Waals surface area contributed by atoms with Crippen molar-refractivity contribution in [1.82, 2.24) is 30.0 Å². The van der Waals surface area contributed by atoms with E-state index in [1.807, 2.05) is 6.07 Å². The number of nitrogens with one attached hydrogen (secondary N) is 1. The Labute approximate surface area is 229 Å². The second-order valence-electron chi connectivity index (χ2n) is 10.6. The number of hydrogen-bond acceptors (Lipinski definition) is 7. The van der Waals surface area contributed by atoms with Gasteiger partial charge in [0.1, 0.15) is 0 Å². The molecule has 2 aliphatic rings. The van der Waals surface area contributed by atoms with Crippen molar-refractivity contribution in [3.8, 4) is 17.1 Å². The molecule has 3 heterocycles. The van der Waals surface area contributed by atoms with E-state index in [0.29, 0.717) is 39.9 Å². The Morgan fingerprint density at radius 3 is 2.67 bits per heavy atom. The molecule has 0 bridgehead atoms. The van der Waals surface area contributed by atoms with Crippen molar-refractivity contribution in [3.05, 3.63) is 65.3 Å². The van der Waals surface area contributed by atoms with Gasteiger partial charge in [-0.15, -0.1) is 0 Å². The summed E-state index contributed by atoms with van der Waals surface area (Å²) in [6.45, 7) is 0.329. The first-order valence-electron chi connectivity index (χ1n) is 12.8. The molecule has 11 heteroatoms. The number of benzene rings is 1. The number of fused-ring (bicyclic) bond motifs is 1. The normalized spacial score (nSPS) is 21.8. The van der Waals surface area contributed by atoms with E-state index >= 15 is 0 Å². The predicted molar refractivity (Wildman–Crippen MR) is 144 cm³/mol. The Morgan fingerprint density at radius 1 is 1.13 bits per heavy atom. The van der Waals surface area contributed by atoms with Crippen LogP contribution in [-0.4, -0.2) is 54.9 Å². The molecule has 200 valence electrons. The summed E-state index contributed by atoms with van der Waals surface area (Å²) in [7, 11) is 1.56. The van der Waals surface area contributed by atoms with Crippen molar-refractivity contribution in [3.63, 3.8) is 0 Å². The Bertz CT molecular complexity index is 1560. The lowest BCUT2D eigenvalue weighted by molar-refractivity contribution is -0.142. The quantitative estimate of drug-likeness (QED) is 0.333. The van der Waals surface area contributed by atoms with Crippen molar-refractivity contribution < 1.29 is 19.4 Å². The van der Waals surface area contributed by atoms with E-state index in [0.717, 1.165) is 36.6 Å². The topological polar surface area (TPSA) is 132 Å². The highest BCUT2D eigenvalue weighted by Gasteiger charge is 2.53. The minimum atomic E-state index is -0.739. The summed E-state index contributed by atoms with van der Waals surface area (Å²) in [5.74, 6) is -0.181. The van der Waals surface area contributed by atoms with Crippen LogP contribution in [0.3, 0.4) is 0 Å². The number of carbonyl (C=O) groups is 2. The average molecular weight is 547 g/mol. The highest BCUT2D eigenvalue weighted by molar-refractivity contribution is 6.32. The first-order chi connectivity index (χ1) is 18.8. The third-order valence-electron chi connectivity index (χ3n) is 7.80. The fourth-order valence-electron chi connectivity index (χ4n) is 6.15. The summed E-state index contributed by atoms with van der Waals surface area (Å²) in [5, 5.41) is 17.9. The zero-order valence-electron chi connectivity index (χ0n) is 21.3. The fourth-order valence-corrected chi connectivity index (χ4v) is 6.38. The molecular weight excluding hydrogens is 520 g/mol. The number of aromatic nitrogens is 5. The third-order valence-corrected chi connectivity index (χ3v) is 8.02. The van der Waals surface area contributed by atoms with Crippen LogP contribution in [-0.2, 0) is 11.3 Å². The number of methoxy groups -OCH3 is 1. The van der Waals surface area contributed by atoms with Crippen LogP contribution in [0.25, 0.3) is 22.2 Å². The molecule has 0 radical (unpaired) electrons. The summed E-state index contributed by atoms with van der Waals surface area (Å²) in [5.41, 5.74) is 3.55. The molecule has 1 amide bonds. The molecule has 0 saturated heterocycles. The van der Waals surface area contributed by atoms with Gasteiger partial charge in [-0.25, -0.2) is 4.98 Å². The standard InChI is InChI=1S/C28H27ClN6O4/c1-39-24-6-17(2-3-30-24)23-14-31-21(13-32-23)15-35-26-18(12-33-35)5-19(29)7-22(26)27(38)34-20-10-28(11-20)8-16(9-28)4-25(36)37/h2-3,5-7,12-14,16,20H,4,8-11,15H2,1H3,(H,34,38)(H,36,37). The molecular formula is C28H27ClN6O4. The highest BCUT2D eigenvalue weighted by Crippen LogP contribution is 2.59. The molecule has 0 unspecified atom stereocenters. The molecule has 1 spiro atoms. The maximum Gasteiger partial charge on any atom is 0.303 e. The van der Waals surface area contributed by atoms with Crippen LogP contribution >= 0.6 is 11.6 Å². The largest absolute Gasteiger partial charge is 0.481 e. The molecule has 1 aromatic carbocycles. The lowest BCUT2D eigenvalue weighted by Gasteiger charge is -2.57. The van der Waals surface area contributed by atoms with Crippen molar-refractivity contribution in [2.45, 2.75) is 44.7 Å². The van der Waals surface area contributed by atoms with Gasteiger partial charge in [0.05, 0.1) is 54.7 Å². The average Bonchev–Trinajstić information content (AvgIpc) is 3.27. The monoisotopic (exact) mass is 546 g/mol. The van der Waals surface area contributed by atoms with Gasteiger partial charge in [-0.3, -0.25) is 24.2 Å². The number of rotatable bonds is 8. The zero-order chi connectivity index (χ0) is 27.1. The van der Waals surface area contributed by atoms with Gasteiger partial charge in [0.25, 0.3) is 5.91 Å². The lowest BCUT2D eigenvalue weighted by atomic mass is 9.49. The number of pyridine rings is 1. The second kappa shape index (κ2) is 9.92. The van der Waals surface area contributed by atoms with Crippen LogP contribution in [0, 0.1) is 11.3 Å². The number of halogens is 1. The van der Waals surface area contributed by atoms with Crippen molar-refractivity contribution in [2.24, 2.45) is 11.3 Å². The molecule has 39 heavy (non-hydrogen) atoms. The van der Waals surface area contributed by atoms with E-state index in [4.69, 9.17) is 21.4 Å². The Morgan fingerprint density at radius 2 is 1.95 bits per heavy atom. The summed E-state index contributed by atoms with van der Waals surface area (Å²) in [4.78, 5) is 37.5. The molecule has 2 saturated carbocycles. The Hall–Kier alpha value is -4.05. The van der Waals surface area contributed by atoms with Gasteiger partial charge in [0, 0.05) is 40.7 Å². The first kappa shape index (κ1) is 25.2. The third kappa shape index (κ3) is 5.04. The highest BCUT2D eigenvalue weighted by atomic mass is 35.5. The van der Waals surface area contributed by atoms with E-state index in [1.165, 1.54) is 0 Å². The number of carboxylic acids is 1. The molecule has 2 fully saturated rings. The second-order valence-corrected chi connectivity index (χ2v) is 11.1. The number of aliphatic carboxylic acids is 1. The number of hydrogen-bond donors (Lipinski definition) is 2. The molecule has 0 aliphatic heterocycles. The van der Waals surface area contributed by atoms with Crippen LogP contribution in [0.2, 0.25) is 5.02 Å². The first-order valence-corrected chi connectivity index (χ1v) is 13.2. The predicted octanol–water partition coefficient (Wildman–Crippen LogP) is 4.36. The molecule has 2 N–H and O–H groups in total. The molecule has 4 aromatic rings. The summed E-state index contributed by atoms with van der Waals surface area (Å²) >= 11 is 6.35. The van der Waals surface area contributed by atoms with E-state index in [9.17, 15) is 9.59 Å². The minimum Gasteiger partial charge on any atom is -0.481 e. The van der Waals surface area contributed by atoms with Crippen LogP contribution in [0.4, 0.5) is 0 Å². The Kier molecular flexibility index (Phi) is 6.42. The van der Waals surface area contributed by atoms with Gasteiger partial charge in [0.15, 0.2) is 0 Å². The van der Waals surface area contributed by atoms with Crippen molar-refractivity contribution >= 4 is 34.4 Å². The maximum absolute atomic E-state index is 13.4. The number of ether oxygens (including phenoxy) is 1. The molecule has 0 atom stereocenters. The lowest BCUT2D eigenvalue weighted by Crippen LogP contribution is -2.56. The van der Waals surface area contributed by atoms with E-state index < -0.39 is 5.97 Å². The van der Waals surface area contributed by atoms with Crippen LogP contribution < -0.4 is 10.1 Å². The van der Waals surface area contributed by atoms with Gasteiger partial charge in [-0.1, -0.05) is 11.6 Å².